The van der Waals surface area contributed by atoms with Gasteiger partial charge in [-0.1, -0.05) is 31.0 Å². The predicted octanol–water partition coefficient (Wildman–Crippen LogP) is 2.57. The van der Waals surface area contributed by atoms with Crippen LogP contribution in [0.2, 0.25) is 0 Å². The van der Waals surface area contributed by atoms with Crippen molar-refractivity contribution in [3.05, 3.63) is 48.3 Å². The molecule has 0 bridgehead atoms. The number of aromatic nitrogens is 2. The van der Waals surface area contributed by atoms with Gasteiger partial charge in [-0.05, 0) is 37.0 Å². The largest absolute Gasteiger partial charge is 0.388 e. The van der Waals surface area contributed by atoms with Crippen molar-refractivity contribution < 1.29 is 9.90 Å². The normalized spacial score (nSPS) is 16.2. The number of hydrogen-bond acceptors (Lipinski definition) is 3. The molecular weight excluding hydrogens is 302 g/mol. The minimum absolute atomic E-state index is 0.0720. The molecule has 1 aromatic carbocycles. The van der Waals surface area contributed by atoms with Gasteiger partial charge in [-0.15, -0.1) is 0 Å². The Labute approximate surface area is 142 Å². The molecule has 1 fully saturated rings. The summed E-state index contributed by atoms with van der Waals surface area (Å²) in [6.45, 7) is 0.440. The summed E-state index contributed by atoms with van der Waals surface area (Å²) in [5, 5.41) is 14.8. The molecule has 1 saturated carbocycles. The molecule has 1 heterocycles. The van der Waals surface area contributed by atoms with Crippen molar-refractivity contribution in [3.63, 3.8) is 0 Å². The summed E-state index contributed by atoms with van der Waals surface area (Å²) in [6.07, 6.45) is 8.58. The Kier molecular flexibility index (Phi) is 5.00. The Bertz CT molecular complexity index is 675. The Morgan fingerprint density at radius 1 is 1.29 bits per heavy atom. The second kappa shape index (κ2) is 7.18. The van der Waals surface area contributed by atoms with Gasteiger partial charge < -0.3 is 10.0 Å². The number of aliphatic hydroxyl groups is 1. The van der Waals surface area contributed by atoms with Crippen molar-refractivity contribution in [1.29, 1.82) is 0 Å². The van der Waals surface area contributed by atoms with Gasteiger partial charge in [0.1, 0.15) is 0 Å². The molecular formula is C19H25N3O2. The summed E-state index contributed by atoms with van der Waals surface area (Å²) in [6, 6.07) is 9.92. The minimum Gasteiger partial charge on any atom is -0.388 e. The zero-order valence-corrected chi connectivity index (χ0v) is 14.2. The molecule has 1 aliphatic carbocycles. The van der Waals surface area contributed by atoms with Crippen molar-refractivity contribution >= 4 is 5.91 Å². The molecule has 0 spiro atoms. The summed E-state index contributed by atoms with van der Waals surface area (Å²) < 4.78 is 1.82. The molecule has 5 nitrogen and oxygen atoms in total. The van der Waals surface area contributed by atoms with E-state index in [1.165, 1.54) is 0 Å². The molecule has 24 heavy (non-hydrogen) atoms. The van der Waals surface area contributed by atoms with Crippen molar-refractivity contribution in [3.8, 4) is 5.69 Å². The summed E-state index contributed by atoms with van der Waals surface area (Å²) in [4.78, 5) is 14.0. The van der Waals surface area contributed by atoms with Crippen LogP contribution in [0.5, 0.6) is 0 Å². The van der Waals surface area contributed by atoms with E-state index in [0.717, 1.165) is 36.9 Å². The van der Waals surface area contributed by atoms with E-state index in [2.05, 4.69) is 5.10 Å². The summed E-state index contributed by atoms with van der Waals surface area (Å²) in [5.41, 5.74) is 1.37. The molecule has 1 N–H and O–H groups in total. The number of aryl methyl sites for hydroxylation is 1. The van der Waals surface area contributed by atoms with Gasteiger partial charge in [0.25, 0.3) is 0 Å². The highest BCUT2D eigenvalue weighted by atomic mass is 16.3. The van der Waals surface area contributed by atoms with Crippen LogP contribution in [0, 0.1) is 0 Å². The Hall–Kier alpha value is -2.14. The second-order valence-electron chi connectivity index (χ2n) is 6.81. The third-order valence-corrected chi connectivity index (χ3v) is 4.78. The van der Waals surface area contributed by atoms with Gasteiger partial charge in [0.05, 0.1) is 17.5 Å². The molecule has 3 rings (SSSR count). The number of nitrogens with zero attached hydrogens (tertiary/aromatic N) is 3. The van der Waals surface area contributed by atoms with Crippen molar-refractivity contribution in [1.82, 2.24) is 14.7 Å². The average Bonchev–Trinajstić information content (AvgIpc) is 3.22. The Morgan fingerprint density at radius 3 is 2.71 bits per heavy atom. The molecule has 1 aromatic heterocycles. The van der Waals surface area contributed by atoms with Gasteiger partial charge in [0.2, 0.25) is 5.91 Å². The monoisotopic (exact) mass is 327 g/mol. The molecule has 0 saturated heterocycles. The first-order chi connectivity index (χ1) is 11.6. The smallest absolute Gasteiger partial charge is 0.222 e. The maximum Gasteiger partial charge on any atom is 0.222 e. The summed E-state index contributed by atoms with van der Waals surface area (Å²) in [7, 11) is 1.78. The van der Waals surface area contributed by atoms with Crippen LogP contribution in [-0.2, 0) is 11.2 Å². The molecule has 0 aliphatic heterocycles. The molecule has 0 radical (unpaired) electrons. The third-order valence-electron chi connectivity index (χ3n) is 4.78. The van der Waals surface area contributed by atoms with Crippen LogP contribution in [0.15, 0.2) is 42.7 Å². The highest BCUT2D eigenvalue weighted by molar-refractivity contribution is 5.76. The van der Waals surface area contributed by atoms with Crippen LogP contribution < -0.4 is 0 Å². The van der Waals surface area contributed by atoms with E-state index in [4.69, 9.17) is 0 Å². The van der Waals surface area contributed by atoms with Gasteiger partial charge in [0.15, 0.2) is 0 Å². The lowest BCUT2D eigenvalue weighted by Gasteiger charge is -2.28. The van der Waals surface area contributed by atoms with E-state index in [0.29, 0.717) is 19.4 Å². The predicted molar refractivity (Wildman–Crippen MR) is 92.9 cm³/mol. The lowest BCUT2D eigenvalue weighted by molar-refractivity contribution is -0.133. The molecule has 2 aromatic rings. The van der Waals surface area contributed by atoms with E-state index in [-0.39, 0.29) is 5.91 Å². The second-order valence-corrected chi connectivity index (χ2v) is 6.81. The van der Waals surface area contributed by atoms with E-state index >= 15 is 0 Å². The SMILES string of the molecule is CN(CC1(O)CCCC1)C(=O)CCc1cnn(-c2ccccc2)c1. The molecule has 1 aliphatic rings. The van der Waals surface area contributed by atoms with Crippen molar-refractivity contribution in [2.24, 2.45) is 0 Å². The number of carbonyl (C=O) groups is 1. The molecule has 0 unspecified atom stereocenters. The van der Waals surface area contributed by atoms with E-state index in [1.54, 1.807) is 11.9 Å². The van der Waals surface area contributed by atoms with Crippen molar-refractivity contribution in [2.45, 2.75) is 44.1 Å². The van der Waals surface area contributed by atoms with E-state index in [9.17, 15) is 9.90 Å². The van der Waals surface area contributed by atoms with Crippen molar-refractivity contribution in [2.75, 3.05) is 13.6 Å². The van der Waals surface area contributed by atoms with Crippen LogP contribution >= 0.6 is 0 Å². The number of amides is 1. The standard InChI is InChI=1S/C19H25N3O2/c1-21(15-19(24)11-5-6-12-19)18(23)10-9-16-13-20-22(14-16)17-7-3-2-4-8-17/h2-4,7-8,13-14,24H,5-6,9-12,15H2,1H3. The van der Waals surface area contributed by atoms with Crippen LogP contribution in [0.1, 0.15) is 37.7 Å². The fourth-order valence-electron chi connectivity index (χ4n) is 3.37. The first-order valence-electron chi connectivity index (χ1n) is 8.61. The van der Waals surface area contributed by atoms with Crippen LogP contribution in [-0.4, -0.2) is 44.9 Å². The molecule has 0 atom stereocenters. The quantitative estimate of drug-likeness (QED) is 0.887. The van der Waals surface area contributed by atoms with Gasteiger partial charge >= 0.3 is 0 Å². The minimum atomic E-state index is -0.678. The zero-order chi connectivity index (χ0) is 17.0. The number of rotatable bonds is 6. The first kappa shape index (κ1) is 16.7. The number of benzene rings is 1. The maximum atomic E-state index is 12.3. The van der Waals surface area contributed by atoms with Gasteiger partial charge in [0, 0.05) is 26.2 Å². The maximum absolute atomic E-state index is 12.3. The topological polar surface area (TPSA) is 58.4 Å². The average molecular weight is 327 g/mol. The Balaban J connectivity index is 1.52. The lowest BCUT2D eigenvalue weighted by Crippen LogP contribution is -2.42. The molecule has 128 valence electrons. The molecule has 1 amide bonds. The lowest BCUT2D eigenvalue weighted by atomic mass is 10.0. The van der Waals surface area contributed by atoms with Crippen LogP contribution in [0.3, 0.4) is 0 Å². The number of likely N-dealkylation sites (N-methyl/N-ethyl adjacent to an activating group) is 1. The van der Waals surface area contributed by atoms with Gasteiger partial charge in [-0.2, -0.15) is 5.10 Å². The van der Waals surface area contributed by atoms with Crippen LogP contribution in [0.4, 0.5) is 0 Å². The highest BCUT2D eigenvalue weighted by Gasteiger charge is 2.33. The van der Waals surface area contributed by atoms with E-state index < -0.39 is 5.60 Å². The number of carbonyl (C=O) groups excluding carboxylic acids is 1. The number of hydrogen-bond donors (Lipinski definition) is 1. The zero-order valence-electron chi connectivity index (χ0n) is 14.2. The molecule has 5 heteroatoms. The van der Waals surface area contributed by atoms with Crippen LogP contribution in [0.25, 0.3) is 5.69 Å². The highest BCUT2D eigenvalue weighted by Crippen LogP contribution is 2.30. The van der Waals surface area contributed by atoms with Gasteiger partial charge in [-0.25, -0.2) is 4.68 Å². The number of para-hydroxylation sites is 1. The van der Waals surface area contributed by atoms with Gasteiger partial charge in [-0.3, -0.25) is 4.79 Å². The summed E-state index contributed by atoms with van der Waals surface area (Å²) >= 11 is 0. The fourth-order valence-corrected chi connectivity index (χ4v) is 3.37. The third kappa shape index (κ3) is 4.03. The van der Waals surface area contributed by atoms with E-state index in [1.807, 2.05) is 47.4 Å². The first-order valence-corrected chi connectivity index (χ1v) is 8.61. The summed E-state index contributed by atoms with van der Waals surface area (Å²) in [5.74, 6) is 0.0720. The Morgan fingerprint density at radius 2 is 2.00 bits per heavy atom. The fraction of sp³-hybridized carbons (Fsp3) is 0.474.